The summed E-state index contributed by atoms with van der Waals surface area (Å²) < 4.78 is 26.5. The zero-order valence-corrected chi connectivity index (χ0v) is 42.5. The molecule has 2 aliphatic heterocycles. The summed E-state index contributed by atoms with van der Waals surface area (Å²) in [7, 11) is 1.62. The van der Waals surface area contributed by atoms with Crippen molar-refractivity contribution in [2.75, 3.05) is 56.8 Å². The predicted molar refractivity (Wildman–Crippen MR) is 284 cm³/mol. The van der Waals surface area contributed by atoms with Crippen molar-refractivity contribution in [3.63, 3.8) is 0 Å². The van der Waals surface area contributed by atoms with Crippen LogP contribution in [-0.2, 0) is 25.1 Å². The molecule has 4 aromatic carbocycles. The first kappa shape index (κ1) is 50.4. The zero-order valence-electron chi connectivity index (χ0n) is 40.9. The molecule has 5 aromatic rings. The van der Waals surface area contributed by atoms with E-state index >= 15 is 0 Å². The van der Waals surface area contributed by atoms with Gasteiger partial charge in [-0.05, 0) is 80.8 Å². The number of para-hydroxylation sites is 1. The molecule has 2 aliphatic rings. The highest BCUT2D eigenvalue weighted by molar-refractivity contribution is 9.10. The third-order valence-electron chi connectivity index (χ3n) is 12.7. The summed E-state index contributed by atoms with van der Waals surface area (Å²) in [6, 6.07) is 26.5. The third-order valence-corrected chi connectivity index (χ3v) is 13.2. The Hall–Kier alpha value is -6.48. The minimum absolute atomic E-state index is 0.0546. The number of hydrogen-bond acceptors (Lipinski definition) is 9. The Morgan fingerprint density at radius 1 is 0.826 bits per heavy atom. The normalized spacial score (nSPS) is 15.4. The van der Waals surface area contributed by atoms with Crippen LogP contribution >= 0.6 is 15.9 Å². The molecule has 10 nitrogen and oxygen atoms in total. The number of terminal acetylenes is 1. The number of allylic oxidation sites excluding steroid dienone is 8. The van der Waals surface area contributed by atoms with Gasteiger partial charge in [0.2, 0.25) is 5.69 Å². The maximum Gasteiger partial charge on any atom is 0.305 e. The lowest BCUT2D eigenvalue weighted by molar-refractivity contribution is -0.438. The molecule has 1 aromatic heterocycles. The van der Waals surface area contributed by atoms with Crippen LogP contribution in [0, 0.1) is 12.3 Å². The van der Waals surface area contributed by atoms with Gasteiger partial charge >= 0.3 is 5.97 Å². The summed E-state index contributed by atoms with van der Waals surface area (Å²) in [5, 5.41) is 4.07. The SMILES string of the molecule is C#Cc1cccc(Nc2ncnc3cc(OCCOC)c(OCCOC(=O)CCCCCN4/C(=C/C=C/C=C/C=C/C5=[N+](CCCC)c6ccccc6C5(C)C)C(C)(C)c5cc(Br)ccc54)cc23)c1. The van der Waals surface area contributed by atoms with Crippen molar-refractivity contribution in [1.29, 1.82) is 0 Å². The van der Waals surface area contributed by atoms with Crippen LogP contribution in [-0.4, -0.2) is 72.9 Å². The monoisotopic (exact) mass is 990 g/mol. The van der Waals surface area contributed by atoms with Crippen molar-refractivity contribution in [3.05, 3.63) is 155 Å². The van der Waals surface area contributed by atoms with Crippen LogP contribution in [0.4, 0.5) is 22.9 Å². The average Bonchev–Trinajstić information content (AvgIpc) is 3.69. The van der Waals surface area contributed by atoms with Gasteiger partial charge in [-0.3, -0.25) is 4.79 Å². The van der Waals surface area contributed by atoms with Gasteiger partial charge in [0.25, 0.3) is 0 Å². The number of carbonyl (C=O) groups is 1. The molecule has 0 saturated carbocycles. The van der Waals surface area contributed by atoms with Crippen LogP contribution in [0.25, 0.3) is 10.9 Å². The Labute approximate surface area is 417 Å². The lowest BCUT2D eigenvalue weighted by atomic mass is 9.81. The van der Waals surface area contributed by atoms with E-state index in [-0.39, 0.29) is 30.0 Å². The van der Waals surface area contributed by atoms with Crippen molar-refractivity contribution in [3.8, 4) is 23.8 Å². The maximum atomic E-state index is 12.9. The number of rotatable bonds is 23. The lowest BCUT2D eigenvalue weighted by Crippen LogP contribution is -2.27. The Bertz CT molecular complexity index is 2820. The van der Waals surface area contributed by atoms with Crippen molar-refractivity contribution in [2.24, 2.45) is 0 Å². The average molecular weight is 992 g/mol. The first-order valence-electron chi connectivity index (χ1n) is 24.0. The number of anilines is 3. The predicted octanol–water partition coefficient (Wildman–Crippen LogP) is 12.9. The number of benzene rings is 4. The molecule has 0 radical (unpaired) electrons. The van der Waals surface area contributed by atoms with Gasteiger partial charge in [-0.1, -0.05) is 110 Å². The van der Waals surface area contributed by atoms with Crippen LogP contribution in [0.1, 0.15) is 89.8 Å². The standard InChI is InChI=1S/C58H65BrN5O5/c1-8-10-31-63-49-25-19-18-24-46(49)57(3,4)53(63)26-15-12-11-13-16-27-54-58(5,6)47-38-43(59)29-30-50(47)64(54)32-20-14-17-28-55(65)69-36-35-68-51-39-45-48(40-52(51)67-34-33-66-7)60-41-61-56(45)62-44-23-21-22-42(9-2)37-44/h2,11-13,15-16,18-19,21-27,29-30,37-41H,8,10,14,17,20,28,31-36H2,1,3-7H3,(H,60,61,62)/q+1. The van der Waals surface area contributed by atoms with Gasteiger partial charge in [0.15, 0.2) is 17.2 Å². The third kappa shape index (κ3) is 12.2. The van der Waals surface area contributed by atoms with Crippen LogP contribution in [0.5, 0.6) is 11.5 Å². The molecule has 0 aliphatic carbocycles. The van der Waals surface area contributed by atoms with Crippen molar-refractivity contribution in [2.45, 2.75) is 84.0 Å². The number of nitrogens with one attached hydrogen (secondary N) is 1. The van der Waals surface area contributed by atoms with Crippen LogP contribution in [0.3, 0.4) is 0 Å². The number of nitrogens with zero attached hydrogens (tertiary/aromatic N) is 4. The largest absolute Gasteiger partial charge is 0.487 e. The summed E-state index contributed by atoms with van der Waals surface area (Å²) in [6.45, 7) is 14.3. The molecule has 0 spiro atoms. The topological polar surface area (TPSA) is 98.1 Å². The summed E-state index contributed by atoms with van der Waals surface area (Å²) in [5.41, 5.74) is 9.77. The van der Waals surface area contributed by atoms with Crippen molar-refractivity contribution in [1.82, 2.24) is 9.97 Å². The van der Waals surface area contributed by atoms with E-state index in [1.165, 1.54) is 40.2 Å². The number of halogens is 1. The Balaban J connectivity index is 0.919. The molecule has 0 unspecified atom stereocenters. The lowest BCUT2D eigenvalue weighted by Gasteiger charge is -2.27. The minimum Gasteiger partial charge on any atom is -0.487 e. The van der Waals surface area contributed by atoms with E-state index in [2.05, 4.69) is 166 Å². The highest BCUT2D eigenvalue weighted by Gasteiger charge is 2.44. The molecule has 69 heavy (non-hydrogen) atoms. The smallest absolute Gasteiger partial charge is 0.305 e. The number of aromatic nitrogens is 2. The molecule has 0 bridgehead atoms. The fraction of sp³-hybridized carbons (Fsp3) is 0.345. The summed E-state index contributed by atoms with van der Waals surface area (Å²) in [6.07, 6.45) is 27.5. The number of unbranched alkanes of at least 4 members (excludes halogenated alkanes) is 3. The maximum absolute atomic E-state index is 12.9. The first-order valence-corrected chi connectivity index (χ1v) is 24.8. The second kappa shape index (κ2) is 23.7. The number of ether oxygens (including phenoxy) is 4. The molecule has 11 heteroatoms. The number of hydrogen-bond donors (Lipinski definition) is 1. The van der Waals surface area contributed by atoms with E-state index in [0.717, 1.165) is 66.3 Å². The molecular weight excluding hydrogens is 927 g/mol. The molecule has 0 fully saturated rings. The van der Waals surface area contributed by atoms with E-state index in [4.69, 9.17) is 25.4 Å². The molecule has 7 rings (SSSR count). The van der Waals surface area contributed by atoms with Gasteiger partial charge < -0.3 is 29.2 Å². The van der Waals surface area contributed by atoms with Gasteiger partial charge in [0, 0.05) is 88.2 Å². The van der Waals surface area contributed by atoms with Gasteiger partial charge in [0.1, 0.15) is 38.5 Å². The number of esters is 1. The van der Waals surface area contributed by atoms with Crippen LogP contribution < -0.4 is 19.7 Å². The number of methoxy groups -OCH3 is 1. The minimum atomic E-state index is -0.252. The second-order valence-electron chi connectivity index (χ2n) is 18.3. The van der Waals surface area contributed by atoms with Crippen molar-refractivity contribution >= 4 is 61.4 Å². The van der Waals surface area contributed by atoms with E-state index in [0.29, 0.717) is 42.5 Å². The number of carbonyl (C=O) groups excluding carboxylic acids is 1. The summed E-state index contributed by atoms with van der Waals surface area (Å²) in [5.74, 6) is 3.96. The molecule has 1 N–H and O–H groups in total. The quantitative estimate of drug-likeness (QED) is 0.0226. The fourth-order valence-corrected chi connectivity index (χ4v) is 9.48. The summed E-state index contributed by atoms with van der Waals surface area (Å²) in [4.78, 5) is 24.3. The Morgan fingerprint density at radius 2 is 1.61 bits per heavy atom. The van der Waals surface area contributed by atoms with E-state index < -0.39 is 0 Å². The Kier molecular flexibility index (Phi) is 17.3. The molecule has 358 valence electrons. The summed E-state index contributed by atoms with van der Waals surface area (Å²) >= 11 is 3.72. The highest BCUT2D eigenvalue weighted by Crippen LogP contribution is 2.49. The van der Waals surface area contributed by atoms with Gasteiger partial charge in [-0.25, -0.2) is 9.97 Å². The molecule has 0 saturated heterocycles. The van der Waals surface area contributed by atoms with Gasteiger partial charge in [-0.2, -0.15) is 4.58 Å². The van der Waals surface area contributed by atoms with Crippen molar-refractivity contribution < 1.29 is 28.3 Å². The van der Waals surface area contributed by atoms with E-state index in [1.807, 2.05) is 36.4 Å². The molecular formula is C58H65BrN5O5+. The fourth-order valence-electron chi connectivity index (χ4n) is 9.12. The second-order valence-corrected chi connectivity index (χ2v) is 19.2. The molecule has 0 amide bonds. The van der Waals surface area contributed by atoms with Gasteiger partial charge in [-0.15, -0.1) is 6.42 Å². The van der Waals surface area contributed by atoms with E-state index in [9.17, 15) is 4.79 Å². The van der Waals surface area contributed by atoms with Gasteiger partial charge in [0.05, 0.1) is 17.5 Å². The highest BCUT2D eigenvalue weighted by atomic mass is 79.9. The molecule has 3 heterocycles. The Morgan fingerprint density at radius 3 is 2.42 bits per heavy atom. The number of fused-ring (bicyclic) bond motifs is 3. The zero-order chi connectivity index (χ0) is 48.8. The first-order chi connectivity index (χ1) is 33.5. The van der Waals surface area contributed by atoms with Crippen LogP contribution in [0.2, 0.25) is 0 Å². The van der Waals surface area contributed by atoms with Crippen LogP contribution in [0.15, 0.2) is 138 Å². The molecule has 0 atom stereocenters. The van der Waals surface area contributed by atoms with E-state index in [1.54, 1.807) is 7.11 Å².